The highest BCUT2D eigenvalue weighted by Gasteiger charge is 2.29. The molecule has 3 nitrogen and oxygen atoms in total. The fourth-order valence-electron chi connectivity index (χ4n) is 1.29. The number of halogens is 4. The van der Waals surface area contributed by atoms with Crippen LogP contribution in [0.2, 0.25) is 0 Å². The zero-order valence-corrected chi connectivity index (χ0v) is 14.3. The first-order valence-corrected chi connectivity index (χ1v) is 8.08. The average Bonchev–Trinajstić information content (AvgIpc) is 2.31. The Morgan fingerprint density at radius 3 is 2.43 bits per heavy atom. The third-order valence-corrected chi connectivity index (χ3v) is 4.25. The molecule has 1 aromatic rings. The van der Waals surface area contributed by atoms with Crippen LogP contribution in [0.15, 0.2) is 27.2 Å². The molecule has 0 aliphatic carbocycles. The maximum absolute atomic E-state index is 12.4. The van der Waals surface area contributed by atoms with E-state index in [-0.39, 0.29) is 12.1 Å². The van der Waals surface area contributed by atoms with Crippen molar-refractivity contribution in [2.24, 2.45) is 4.40 Å². The first kappa shape index (κ1) is 18.3. The molecule has 0 bridgehead atoms. The molecule has 0 aliphatic rings. The monoisotopic (exact) mass is 384 g/mol. The highest BCUT2D eigenvalue weighted by Crippen LogP contribution is 2.24. The summed E-state index contributed by atoms with van der Waals surface area (Å²) in [6.45, 7) is 5.13. The Bertz CT molecular complexity index is 553. The quantitative estimate of drug-likeness (QED) is 0.568. The van der Waals surface area contributed by atoms with Crippen LogP contribution in [0.3, 0.4) is 0 Å². The molecule has 0 unspecified atom stereocenters. The second kappa shape index (κ2) is 7.00. The van der Waals surface area contributed by atoms with Gasteiger partial charge in [-0.2, -0.15) is 17.6 Å². The third kappa shape index (κ3) is 6.69. The minimum atomic E-state index is -4.30. The number of hydrogen-bond acceptors (Lipinski definition) is 2. The molecule has 1 rings (SSSR count). The third-order valence-electron chi connectivity index (χ3n) is 2.37. The Morgan fingerprint density at radius 1 is 1.33 bits per heavy atom. The highest BCUT2D eigenvalue weighted by atomic mass is 79.9. The van der Waals surface area contributed by atoms with E-state index in [4.69, 9.17) is 0 Å². The van der Waals surface area contributed by atoms with Gasteiger partial charge in [0.15, 0.2) is 0 Å². The fourth-order valence-corrected chi connectivity index (χ4v) is 2.29. The van der Waals surface area contributed by atoms with Crippen LogP contribution < -0.4 is 0 Å². The van der Waals surface area contributed by atoms with E-state index in [0.717, 1.165) is 0 Å². The van der Waals surface area contributed by atoms with Gasteiger partial charge in [0, 0.05) is 12.8 Å². The van der Waals surface area contributed by atoms with Crippen molar-refractivity contribution in [1.82, 2.24) is 4.98 Å². The fraction of sp³-hybridized carbons (Fsp3) is 0.538. The molecular formula is C13H16BrF3N2OS. The molecule has 0 aliphatic heterocycles. The van der Waals surface area contributed by atoms with Gasteiger partial charge in [-0.05, 0) is 48.8 Å². The summed E-state index contributed by atoms with van der Waals surface area (Å²) in [5, 5.41) is 0. The van der Waals surface area contributed by atoms with Crippen molar-refractivity contribution in [1.29, 1.82) is 0 Å². The van der Waals surface area contributed by atoms with Crippen LogP contribution >= 0.6 is 15.9 Å². The van der Waals surface area contributed by atoms with Crippen molar-refractivity contribution in [3.63, 3.8) is 0 Å². The standard InChI is InChI=1S/C13H16BrF3N2OS/c1-12(2,3)21(20)19-10(7-8-13(15,16)17)9-5-4-6-11(14)18-9/h4-6H,7-8H2,1-3H3/t21-/m0/s1. The van der Waals surface area contributed by atoms with E-state index in [1.807, 2.05) is 0 Å². The van der Waals surface area contributed by atoms with Gasteiger partial charge < -0.3 is 0 Å². The lowest BCUT2D eigenvalue weighted by molar-refractivity contribution is -0.132. The summed E-state index contributed by atoms with van der Waals surface area (Å²) in [4.78, 5) is 4.09. The molecule has 0 saturated carbocycles. The second-order valence-corrected chi connectivity index (χ2v) is 8.08. The van der Waals surface area contributed by atoms with E-state index in [0.29, 0.717) is 10.3 Å². The Balaban J connectivity index is 3.11. The van der Waals surface area contributed by atoms with E-state index in [1.54, 1.807) is 39.0 Å². The molecule has 0 spiro atoms. The Kier molecular flexibility index (Phi) is 6.10. The lowest BCUT2D eigenvalue weighted by Crippen LogP contribution is -2.22. The molecule has 0 amide bonds. The molecule has 0 radical (unpaired) electrons. The van der Waals surface area contributed by atoms with Crippen molar-refractivity contribution in [3.05, 3.63) is 28.5 Å². The predicted molar refractivity (Wildman–Crippen MR) is 81.7 cm³/mol. The molecule has 0 N–H and O–H groups in total. The molecule has 0 saturated heterocycles. The minimum Gasteiger partial charge on any atom is -0.240 e. The van der Waals surface area contributed by atoms with Crippen LogP contribution in [0, 0.1) is 0 Å². The van der Waals surface area contributed by atoms with Crippen LogP contribution in [-0.4, -0.2) is 25.8 Å². The summed E-state index contributed by atoms with van der Waals surface area (Å²) in [5.41, 5.74) is 0.396. The largest absolute Gasteiger partial charge is 0.389 e. The van der Waals surface area contributed by atoms with Crippen molar-refractivity contribution in [2.75, 3.05) is 0 Å². The van der Waals surface area contributed by atoms with Gasteiger partial charge in [-0.25, -0.2) is 9.19 Å². The minimum absolute atomic E-state index is 0.0990. The van der Waals surface area contributed by atoms with Gasteiger partial charge in [-0.1, -0.05) is 6.07 Å². The number of nitrogens with zero attached hydrogens (tertiary/aromatic N) is 2. The molecule has 8 heteroatoms. The van der Waals surface area contributed by atoms with Gasteiger partial charge in [0.05, 0.1) is 16.2 Å². The molecule has 0 aromatic carbocycles. The average molecular weight is 385 g/mol. The summed E-state index contributed by atoms with van der Waals surface area (Å²) >= 11 is 3.16. The molecule has 1 aromatic heterocycles. The Morgan fingerprint density at radius 2 is 1.95 bits per heavy atom. The zero-order chi connectivity index (χ0) is 16.3. The zero-order valence-electron chi connectivity index (χ0n) is 11.9. The van der Waals surface area contributed by atoms with Crippen molar-refractivity contribution in [3.8, 4) is 0 Å². The van der Waals surface area contributed by atoms with E-state index < -0.39 is 28.3 Å². The van der Waals surface area contributed by atoms with Crippen LogP contribution in [0.5, 0.6) is 0 Å². The van der Waals surface area contributed by atoms with Crippen LogP contribution in [0.4, 0.5) is 13.2 Å². The van der Waals surface area contributed by atoms with Crippen molar-refractivity contribution >= 4 is 32.6 Å². The number of rotatable bonds is 4. The van der Waals surface area contributed by atoms with Gasteiger partial charge in [-0.3, -0.25) is 0 Å². The smallest absolute Gasteiger partial charge is 0.240 e. The molecule has 21 heavy (non-hydrogen) atoms. The lowest BCUT2D eigenvalue weighted by atomic mass is 10.1. The normalized spacial score (nSPS) is 15.1. The van der Waals surface area contributed by atoms with Gasteiger partial charge in [-0.15, -0.1) is 0 Å². The molecule has 118 valence electrons. The first-order valence-electron chi connectivity index (χ1n) is 6.18. The molecular weight excluding hydrogens is 369 g/mol. The first-order chi connectivity index (χ1) is 9.49. The number of hydrogen-bond donors (Lipinski definition) is 0. The number of alkyl halides is 3. The lowest BCUT2D eigenvalue weighted by Gasteiger charge is -2.15. The summed E-state index contributed by atoms with van der Waals surface area (Å²) in [6.07, 6.45) is -5.67. The van der Waals surface area contributed by atoms with Crippen LogP contribution in [-0.2, 0) is 11.0 Å². The summed E-state index contributed by atoms with van der Waals surface area (Å²) < 4.78 is 53.1. The number of pyridine rings is 1. The summed E-state index contributed by atoms with van der Waals surface area (Å²) in [5.74, 6) is 0. The van der Waals surface area contributed by atoms with Gasteiger partial charge >= 0.3 is 6.18 Å². The van der Waals surface area contributed by atoms with E-state index in [2.05, 4.69) is 25.3 Å². The van der Waals surface area contributed by atoms with Crippen LogP contribution in [0.25, 0.3) is 0 Å². The number of aromatic nitrogens is 1. The topological polar surface area (TPSA) is 42.3 Å². The SMILES string of the molecule is CC(C)(C)[S@](=O)N=C(CCC(F)(F)F)c1cccc(Br)n1. The maximum Gasteiger partial charge on any atom is 0.389 e. The van der Waals surface area contributed by atoms with Crippen molar-refractivity contribution < 1.29 is 17.4 Å². The highest BCUT2D eigenvalue weighted by molar-refractivity contribution is 9.10. The molecule has 1 atom stereocenters. The molecule has 0 fully saturated rings. The summed E-state index contributed by atoms with van der Waals surface area (Å²) in [7, 11) is -1.64. The van der Waals surface area contributed by atoms with E-state index >= 15 is 0 Å². The van der Waals surface area contributed by atoms with E-state index in [9.17, 15) is 17.4 Å². The van der Waals surface area contributed by atoms with E-state index in [1.165, 1.54) is 0 Å². The molecule has 1 heterocycles. The maximum atomic E-state index is 12.4. The Hall–Kier alpha value is -0.760. The predicted octanol–water partition coefficient (Wildman–Crippen LogP) is 4.44. The van der Waals surface area contributed by atoms with Crippen molar-refractivity contribution in [2.45, 2.75) is 44.5 Å². The Labute approximate surface area is 132 Å². The van der Waals surface area contributed by atoms with Gasteiger partial charge in [0.25, 0.3) is 0 Å². The second-order valence-electron chi connectivity index (χ2n) is 5.36. The van der Waals surface area contributed by atoms with Crippen LogP contribution in [0.1, 0.15) is 39.3 Å². The van der Waals surface area contributed by atoms with Gasteiger partial charge in [0.2, 0.25) is 0 Å². The van der Waals surface area contributed by atoms with Gasteiger partial charge in [0.1, 0.15) is 15.6 Å². The summed E-state index contributed by atoms with van der Waals surface area (Å²) in [6, 6.07) is 4.86.